The number of phenolic OH excluding ortho intramolecular Hbond substituents is 1. The summed E-state index contributed by atoms with van der Waals surface area (Å²) in [4.78, 5) is 15.0. The van der Waals surface area contributed by atoms with Crippen LogP contribution < -0.4 is 5.32 Å². The van der Waals surface area contributed by atoms with Crippen molar-refractivity contribution in [1.29, 1.82) is 0 Å². The number of rotatable bonds is 3. The Morgan fingerprint density at radius 3 is 2.46 bits per heavy atom. The number of phenols is 1. The van der Waals surface area contributed by atoms with Gasteiger partial charge in [0.05, 0.1) is 5.56 Å². The van der Waals surface area contributed by atoms with E-state index in [4.69, 9.17) is 0 Å². The zero-order chi connectivity index (χ0) is 17.4. The average molecular weight is 324 g/mol. The molecule has 1 aliphatic rings. The van der Waals surface area contributed by atoms with Gasteiger partial charge in [0.2, 0.25) is 0 Å². The molecule has 0 fully saturated rings. The van der Waals surface area contributed by atoms with Gasteiger partial charge in [-0.2, -0.15) is 0 Å². The minimum absolute atomic E-state index is 0.0482. The maximum absolute atomic E-state index is 13.1. The molecule has 0 saturated heterocycles. The topological polar surface area (TPSA) is 52.6 Å². The van der Waals surface area contributed by atoms with Crippen molar-refractivity contribution in [3.05, 3.63) is 58.7 Å². The number of hydrogen-bond acceptors (Lipinski definition) is 3. The van der Waals surface area contributed by atoms with E-state index >= 15 is 0 Å². The summed E-state index contributed by atoms with van der Waals surface area (Å²) in [6.07, 6.45) is 0.641. The van der Waals surface area contributed by atoms with Crippen molar-refractivity contribution in [2.24, 2.45) is 0 Å². The van der Waals surface area contributed by atoms with Gasteiger partial charge in [-0.3, -0.25) is 4.79 Å². The van der Waals surface area contributed by atoms with Crippen molar-refractivity contribution in [2.45, 2.75) is 46.3 Å². The number of carbonyl (C=O) groups excluding carboxylic acids is 1. The first-order valence-corrected chi connectivity index (χ1v) is 8.42. The maximum atomic E-state index is 13.1. The summed E-state index contributed by atoms with van der Waals surface area (Å²) in [7, 11) is 0. The van der Waals surface area contributed by atoms with Crippen LogP contribution in [0.4, 0.5) is 5.69 Å². The highest BCUT2D eigenvalue weighted by Gasteiger charge is 2.35. The third kappa shape index (κ3) is 2.62. The normalized spacial score (nSPS) is 18.1. The van der Waals surface area contributed by atoms with E-state index in [0.29, 0.717) is 11.3 Å². The molecule has 4 nitrogen and oxygen atoms in total. The standard InChI is InChI=1S/C20H24N2O2/c1-5-14(4)22-19(15-10-12(2)18(23)13(3)11-15)21-17-9-7-6-8-16(17)20(22)24/h6-11,14,19,21,23H,5H2,1-4H3/t14-,19+/m1/s1. The molecular weight excluding hydrogens is 300 g/mol. The van der Waals surface area contributed by atoms with Crippen molar-refractivity contribution in [3.63, 3.8) is 0 Å². The number of hydrogen-bond donors (Lipinski definition) is 2. The smallest absolute Gasteiger partial charge is 0.258 e. The summed E-state index contributed by atoms with van der Waals surface area (Å²) >= 11 is 0. The lowest BCUT2D eigenvalue weighted by Crippen LogP contribution is -2.47. The highest BCUT2D eigenvalue weighted by atomic mass is 16.3. The van der Waals surface area contributed by atoms with Crippen LogP contribution in [-0.2, 0) is 0 Å². The lowest BCUT2D eigenvalue weighted by atomic mass is 9.98. The fourth-order valence-electron chi connectivity index (χ4n) is 3.31. The monoisotopic (exact) mass is 324 g/mol. The van der Waals surface area contributed by atoms with Crippen molar-refractivity contribution in [2.75, 3.05) is 5.32 Å². The Balaban J connectivity index is 2.12. The molecule has 0 aliphatic carbocycles. The Hall–Kier alpha value is -2.49. The van der Waals surface area contributed by atoms with Gasteiger partial charge in [0.1, 0.15) is 11.9 Å². The van der Waals surface area contributed by atoms with Crippen molar-refractivity contribution < 1.29 is 9.90 Å². The molecule has 24 heavy (non-hydrogen) atoms. The molecular formula is C20H24N2O2. The van der Waals surface area contributed by atoms with Crippen molar-refractivity contribution >= 4 is 11.6 Å². The second-order valence-electron chi connectivity index (χ2n) is 6.57. The molecule has 1 heterocycles. The molecule has 2 N–H and O–H groups in total. The molecule has 1 amide bonds. The van der Waals surface area contributed by atoms with E-state index in [1.807, 2.05) is 55.1 Å². The third-order valence-electron chi connectivity index (χ3n) is 4.86. The van der Waals surface area contributed by atoms with Crippen molar-refractivity contribution in [3.8, 4) is 5.75 Å². The summed E-state index contributed by atoms with van der Waals surface area (Å²) in [5, 5.41) is 13.6. The van der Waals surface area contributed by atoms with E-state index in [1.54, 1.807) is 0 Å². The minimum atomic E-state index is -0.236. The third-order valence-corrected chi connectivity index (χ3v) is 4.86. The first-order valence-electron chi connectivity index (χ1n) is 8.42. The number of para-hydroxylation sites is 1. The predicted molar refractivity (Wildman–Crippen MR) is 96.3 cm³/mol. The first-order chi connectivity index (χ1) is 11.4. The van der Waals surface area contributed by atoms with Crippen LogP contribution in [-0.4, -0.2) is 22.0 Å². The van der Waals surface area contributed by atoms with E-state index in [1.165, 1.54) is 0 Å². The first kappa shape index (κ1) is 16.4. The van der Waals surface area contributed by atoms with Crippen LogP contribution in [0.1, 0.15) is 53.5 Å². The number of carbonyl (C=O) groups is 1. The van der Waals surface area contributed by atoms with Gasteiger partial charge >= 0.3 is 0 Å². The molecule has 2 aromatic carbocycles. The van der Waals surface area contributed by atoms with Crippen molar-refractivity contribution in [1.82, 2.24) is 4.90 Å². The van der Waals surface area contributed by atoms with E-state index in [9.17, 15) is 9.90 Å². The zero-order valence-corrected chi connectivity index (χ0v) is 14.6. The Kier molecular flexibility index (Phi) is 4.22. The molecule has 0 radical (unpaired) electrons. The summed E-state index contributed by atoms with van der Waals surface area (Å²) in [6, 6.07) is 11.6. The molecule has 0 aromatic heterocycles. The quantitative estimate of drug-likeness (QED) is 0.881. The van der Waals surface area contributed by atoms with E-state index in [0.717, 1.165) is 28.8 Å². The molecule has 0 saturated carbocycles. The van der Waals surface area contributed by atoms with Crippen LogP contribution in [0.5, 0.6) is 5.75 Å². The summed E-state index contributed by atoms with van der Waals surface area (Å²) in [5.74, 6) is 0.364. The average Bonchev–Trinajstić information content (AvgIpc) is 2.58. The molecule has 4 heteroatoms. The fraction of sp³-hybridized carbons (Fsp3) is 0.350. The number of benzene rings is 2. The van der Waals surface area contributed by atoms with E-state index in [-0.39, 0.29) is 18.1 Å². The lowest BCUT2D eigenvalue weighted by molar-refractivity contribution is 0.0593. The molecule has 126 valence electrons. The second-order valence-corrected chi connectivity index (χ2v) is 6.57. The zero-order valence-electron chi connectivity index (χ0n) is 14.6. The number of aryl methyl sites for hydroxylation is 2. The van der Waals surface area contributed by atoms with Gasteiger partial charge in [0.15, 0.2) is 0 Å². The van der Waals surface area contributed by atoms with Crippen LogP contribution >= 0.6 is 0 Å². The molecule has 2 aromatic rings. The van der Waals surface area contributed by atoms with E-state index < -0.39 is 0 Å². The largest absolute Gasteiger partial charge is 0.507 e. The minimum Gasteiger partial charge on any atom is -0.507 e. The van der Waals surface area contributed by atoms with Crippen LogP contribution in [0.15, 0.2) is 36.4 Å². The number of aromatic hydroxyl groups is 1. The Bertz CT molecular complexity index is 762. The van der Waals surface area contributed by atoms with Gasteiger partial charge in [-0.25, -0.2) is 0 Å². The molecule has 0 spiro atoms. The number of nitrogens with one attached hydrogen (secondary N) is 1. The summed E-state index contributed by atoms with van der Waals surface area (Å²) in [6.45, 7) is 7.93. The summed E-state index contributed by atoms with van der Waals surface area (Å²) < 4.78 is 0. The maximum Gasteiger partial charge on any atom is 0.258 e. The fourth-order valence-corrected chi connectivity index (χ4v) is 3.31. The van der Waals surface area contributed by atoms with E-state index in [2.05, 4.69) is 19.2 Å². The second kappa shape index (κ2) is 6.19. The molecule has 1 aliphatic heterocycles. The van der Waals surface area contributed by atoms with Crippen LogP contribution in [0.2, 0.25) is 0 Å². The van der Waals surface area contributed by atoms with Gasteiger partial charge in [-0.1, -0.05) is 19.1 Å². The molecule has 2 atom stereocenters. The number of nitrogens with zero attached hydrogens (tertiary/aromatic N) is 1. The molecule has 3 rings (SSSR count). The SMILES string of the molecule is CC[C@@H](C)N1C(=O)c2ccccc2N[C@@H]1c1cc(C)c(O)c(C)c1. The highest BCUT2D eigenvalue weighted by molar-refractivity contribution is 6.01. The molecule has 0 unspecified atom stereocenters. The summed E-state index contributed by atoms with van der Waals surface area (Å²) in [5.41, 5.74) is 4.20. The number of fused-ring (bicyclic) bond motifs is 1. The predicted octanol–water partition coefficient (Wildman–Crippen LogP) is 4.37. The van der Waals surface area contributed by atoms with Gasteiger partial charge in [0.25, 0.3) is 5.91 Å². The van der Waals surface area contributed by atoms with Crippen LogP contribution in [0.25, 0.3) is 0 Å². The Labute approximate surface area is 143 Å². The van der Waals surface area contributed by atoms with Gasteiger partial charge in [-0.05, 0) is 68.1 Å². The highest BCUT2D eigenvalue weighted by Crippen LogP contribution is 2.37. The van der Waals surface area contributed by atoms with Gasteiger partial charge in [0, 0.05) is 11.7 Å². The van der Waals surface area contributed by atoms with Crippen LogP contribution in [0, 0.1) is 13.8 Å². The van der Waals surface area contributed by atoms with Gasteiger partial charge < -0.3 is 15.3 Å². The Morgan fingerprint density at radius 2 is 1.83 bits per heavy atom. The van der Waals surface area contributed by atoms with Gasteiger partial charge in [-0.15, -0.1) is 0 Å². The molecule has 0 bridgehead atoms. The number of amides is 1. The van der Waals surface area contributed by atoms with Crippen LogP contribution in [0.3, 0.4) is 0 Å². The Morgan fingerprint density at radius 1 is 1.21 bits per heavy atom. The number of anilines is 1. The lowest BCUT2D eigenvalue weighted by Gasteiger charge is -2.41.